The highest BCUT2D eigenvalue weighted by atomic mass is 35.5. The molecule has 2 rings (SSSR count). The maximum absolute atomic E-state index is 12.1. The molecule has 0 aliphatic carbocycles. The monoisotopic (exact) mass is 298 g/mol. The van der Waals surface area contributed by atoms with E-state index in [-0.39, 0.29) is 24.9 Å². The van der Waals surface area contributed by atoms with Crippen molar-refractivity contribution in [2.75, 3.05) is 13.1 Å². The molecule has 1 heterocycles. The SMILES string of the molecule is Cc1cccc(C(O)CNC(=O)C2(C)CCCN2)c1.Cl. The van der Waals surface area contributed by atoms with Crippen LogP contribution in [-0.2, 0) is 4.79 Å². The summed E-state index contributed by atoms with van der Waals surface area (Å²) < 4.78 is 0. The van der Waals surface area contributed by atoms with Crippen molar-refractivity contribution in [1.29, 1.82) is 0 Å². The molecule has 1 aromatic carbocycles. The molecule has 20 heavy (non-hydrogen) atoms. The van der Waals surface area contributed by atoms with Crippen molar-refractivity contribution in [3.8, 4) is 0 Å². The van der Waals surface area contributed by atoms with E-state index < -0.39 is 11.6 Å². The highest BCUT2D eigenvalue weighted by molar-refractivity contribution is 5.86. The van der Waals surface area contributed by atoms with Gasteiger partial charge >= 0.3 is 0 Å². The van der Waals surface area contributed by atoms with Crippen molar-refractivity contribution in [2.45, 2.75) is 38.3 Å². The Bertz CT molecular complexity index is 459. The molecule has 112 valence electrons. The van der Waals surface area contributed by atoms with Gasteiger partial charge in [-0.1, -0.05) is 29.8 Å². The Balaban J connectivity index is 0.00000200. The van der Waals surface area contributed by atoms with Gasteiger partial charge in [0.2, 0.25) is 5.91 Å². The number of aliphatic hydroxyl groups excluding tert-OH is 1. The van der Waals surface area contributed by atoms with Crippen LogP contribution in [0.15, 0.2) is 24.3 Å². The highest BCUT2D eigenvalue weighted by Gasteiger charge is 2.35. The first-order valence-corrected chi connectivity index (χ1v) is 6.79. The van der Waals surface area contributed by atoms with Crippen LogP contribution in [0.25, 0.3) is 0 Å². The molecule has 0 radical (unpaired) electrons. The fourth-order valence-electron chi connectivity index (χ4n) is 2.47. The van der Waals surface area contributed by atoms with Crippen molar-refractivity contribution < 1.29 is 9.90 Å². The molecule has 5 heteroatoms. The van der Waals surface area contributed by atoms with Crippen molar-refractivity contribution in [3.63, 3.8) is 0 Å². The van der Waals surface area contributed by atoms with Crippen LogP contribution in [0.1, 0.15) is 37.0 Å². The minimum atomic E-state index is -0.658. The number of carbonyl (C=O) groups excluding carboxylic acids is 1. The number of aryl methyl sites for hydroxylation is 1. The zero-order chi connectivity index (χ0) is 13.9. The molecule has 0 bridgehead atoms. The summed E-state index contributed by atoms with van der Waals surface area (Å²) in [5, 5.41) is 16.1. The Morgan fingerprint density at radius 2 is 2.30 bits per heavy atom. The van der Waals surface area contributed by atoms with Crippen LogP contribution in [-0.4, -0.2) is 29.6 Å². The molecule has 2 atom stereocenters. The van der Waals surface area contributed by atoms with Crippen molar-refractivity contribution in [2.24, 2.45) is 0 Å². The first-order chi connectivity index (χ1) is 9.01. The van der Waals surface area contributed by atoms with Crippen LogP contribution in [0, 0.1) is 6.92 Å². The average Bonchev–Trinajstić information content (AvgIpc) is 2.84. The molecular formula is C15H23ClN2O2. The topological polar surface area (TPSA) is 61.4 Å². The Labute approximate surface area is 126 Å². The summed E-state index contributed by atoms with van der Waals surface area (Å²) in [6.45, 7) is 5.02. The number of aliphatic hydroxyl groups is 1. The second kappa shape index (κ2) is 7.07. The molecule has 1 amide bonds. The van der Waals surface area contributed by atoms with Gasteiger partial charge in [-0.05, 0) is 38.8 Å². The van der Waals surface area contributed by atoms with E-state index in [2.05, 4.69) is 10.6 Å². The number of halogens is 1. The van der Waals surface area contributed by atoms with E-state index in [0.29, 0.717) is 0 Å². The molecule has 3 N–H and O–H groups in total. The van der Waals surface area contributed by atoms with E-state index in [0.717, 1.165) is 30.5 Å². The van der Waals surface area contributed by atoms with Gasteiger partial charge < -0.3 is 15.7 Å². The Hall–Kier alpha value is -1.10. The molecule has 1 saturated heterocycles. The maximum atomic E-state index is 12.1. The van der Waals surface area contributed by atoms with Gasteiger partial charge in [0.25, 0.3) is 0 Å². The lowest BCUT2D eigenvalue weighted by Crippen LogP contribution is -2.51. The summed E-state index contributed by atoms with van der Waals surface area (Å²) in [7, 11) is 0. The van der Waals surface area contributed by atoms with Crippen LogP contribution in [0.2, 0.25) is 0 Å². The van der Waals surface area contributed by atoms with Gasteiger partial charge in [0, 0.05) is 6.54 Å². The van der Waals surface area contributed by atoms with Gasteiger partial charge in [0.15, 0.2) is 0 Å². The largest absolute Gasteiger partial charge is 0.387 e. The number of rotatable bonds is 4. The third-order valence-electron chi connectivity index (χ3n) is 3.75. The van der Waals surface area contributed by atoms with E-state index in [4.69, 9.17) is 0 Å². The van der Waals surface area contributed by atoms with Crippen molar-refractivity contribution >= 4 is 18.3 Å². The zero-order valence-corrected chi connectivity index (χ0v) is 12.8. The van der Waals surface area contributed by atoms with Gasteiger partial charge in [-0.15, -0.1) is 12.4 Å². The van der Waals surface area contributed by atoms with Crippen molar-refractivity contribution in [1.82, 2.24) is 10.6 Å². The van der Waals surface area contributed by atoms with Gasteiger partial charge in [0.1, 0.15) is 0 Å². The lowest BCUT2D eigenvalue weighted by Gasteiger charge is -2.24. The predicted molar refractivity (Wildman–Crippen MR) is 82.0 cm³/mol. The normalized spacial score (nSPS) is 22.9. The first-order valence-electron chi connectivity index (χ1n) is 6.79. The summed E-state index contributed by atoms with van der Waals surface area (Å²) >= 11 is 0. The van der Waals surface area contributed by atoms with Crippen LogP contribution in [0.3, 0.4) is 0 Å². The van der Waals surface area contributed by atoms with Gasteiger partial charge in [-0.2, -0.15) is 0 Å². The minimum absolute atomic E-state index is 0. The fraction of sp³-hybridized carbons (Fsp3) is 0.533. The highest BCUT2D eigenvalue weighted by Crippen LogP contribution is 2.19. The molecule has 1 aliphatic heterocycles. The molecule has 1 aromatic rings. The Kier molecular flexibility index (Phi) is 5.99. The average molecular weight is 299 g/mol. The molecule has 2 unspecified atom stereocenters. The lowest BCUT2D eigenvalue weighted by molar-refractivity contribution is -0.127. The first kappa shape index (κ1) is 17.0. The number of hydrogen-bond donors (Lipinski definition) is 3. The third-order valence-corrected chi connectivity index (χ3v) is 3.75. The summed E-state index contributed by atoms with van der Waals surface area (Å²) in [5.41, 5.74) is 1.46. The number of carbonyl (C=O) groups is 1. The second-order valence-corrected chi connectivity index (χ2v) is 5.50. The second-order valence-electron chi connectivity index (χ2n) is 5.50. The summed E-state index contributed by atoms with van der Waals surface area (Å²) in [5.74, 6) is -0.0308. The molecule has 0 spiro atoms. The van der Waals surface area contributed by atoms with Crippen molar-refractivity contribution in [3.05, 3.63) is 35.4 Å². The number of hydrogen-bond acceptors (Lipinski definition) is 3. The number of amides is 1. The fourth-order valence-corrected chi connectivity index (χ4v) is 2.47. The number of benzene rings is 1. The number of nitrogens with one attached hydrogen (secondary N) is 2. The van der Waals surface area contributed by atoms with Crippen LogP contribution >= 0.6 is 12.4 Å². The zero-order valence-electron chi connectivity index (χ0n) is 12.0. The molecule has 4 nitrogen and oxygen atoms in total. The molecule has 0 aromatic heterocycles. The molecule has 1 fully saturated rings. The van der Waals surface area contributed by atoms with Crippen LogP contribution in [0.4, 0.5) is 0 Å². The van der Waals surface area contributed by atoms with Gasteiger partial charge in [0.05, 0.1) is 11.6 Å². The summed E-state index contributed by atoms with van der Waals surface area (Å²) in [6, 6.07) is 7.71. The standard InChI is InChI=1S/C15H22N2O2.ClH/c1-11-5-3-6-12(9-11)13(18)10-16-14(19)15(2)7-4-8-17-15;/h3,5-6,9,13,17-18H,4,7-8,10H2,1-2H3,(H,16,19);1H. The van der Waals surface area contributed by atoms with E-state index in [1.165, 1.54) is 0 Å². The van der Waals surface area contributed by atoms with E-state index in [9.17, 15) is 9.90 Å². The predicted octanol–water partition coefficient (Wildman–Crippen LogP) is 1.71. The third kappa shape index (κ3) is 3.95. The quantitative estimate of drug-likeness (QED) is 0.793. The molecule has 1 aliphatic rings. The van der Waals surface area contributed by atoms with E-state index >= 15 is 0 Å². The summed E-state index contributed by atoms with van der Waals surface area (Å²) in [6.07, 6.45) is 1.21. The molecule has 0 saturated carbocycles. The van der Waals surface area contributed by atoms with Crippen LogP contribution < -0.4 is 10.6 Å². The van der Waals surface area contributed by atoms with Gasteiger partial charge in [-0.25, -0.2) is 0 Å². The smallest absolute Gasteiger partial charge is 0.240 e. The van der Waals surface area contributed by atoms with Gasteiger partial charge in [-0.3, -0.25) is 4.79 Å². The summed E-state index contributed by atoms with van der Waals surface area (Å²) in [4.78, 5) is 12.1. The van der Waals surface area contributed by atoms with E-state index in [1.54, 1.807) is 0 Å². The lowest BCUT2D eigenvalue weighted by atomic mass is 9.99. The maximum Gasteiger partial charge on any atom is 0.240 e. The Morgan fingerprint density at radius 1 is 1.55 bits per heavy atom. The van der Waals surface area contributed by atoms with Crippen LogP contribution in [0.5, 0.6) is 0 Å². The Morgan fingerprint density at radius 3 is 2.90 bits per heavy atom. The minimum Gasteiger partial charge on any atom is -0.387 e. The van der Waals surface area contributed by atoms with E-state index in [1.807, 2.05) is 38.1 Å². The molecular weight excluding hydrogens is 276 g/mol.